The van der Waals surface area contributed by atoms with Gasteiger partial charge in [0, 0.05) is 5.69 Å². The van der Waals surface area contributed by atoms with Gasteiger partial charge in [-0.3, -0.25) is 4.57 Å². The van der Waals surface area contributed by atoms with Crippen LogP contribution in [-0.2, 0) is 0 Å². The average molecular weight is 348 g/mol. The van der Waals surface area contributed by atoms with E-state index in [1.54, 1.807) is 0 Å². The van der Waals surface area contributed by atoms with Crippen molar-refractivity contribution in [1.29, 1.82) is 0 Å². The number of aromatic nitrogens is 3. The maximum Gasteiger partial charge on any atom is 0.139 e. The van der Waals surface area contributed by atoms with Crippen LogP contribution in [0.1, 0.15) is 17.1 Å². The van der Waals surface area contributed by atoms with Crippen LogP contribution in [0.2, 0.25) is 0 Å². The van der Waals surface area contributed by atoms with Crippen molar-refractivity contribution in [2.45, 2.75) is 6.92 Å². The van der Waals surface area contributed by atoms with E-state index >= 15 is 0 Å². The molecule has 0 unspecified atom stereocenters. The summed E-state index contributed by atoms with van der Waals surface area (Å²) < 4.78 is 2.10. The average Bonchev–Trinajstić information content (AvgIpc) is 2.99. The molecule has 124 valence electrons. The van der Waals surface area contributed by atoms with Crippen molar-refractivity contribution >= 4 is 35.6 Å². The van der Waals surface area contributed by atoms with Gasteiger partial charge in [-0.25, -0.2) is 9.97 Å². The lowest BCUT2D eigenvalue weighted by molar-refractivity contribution is 0.987. The number of pyridine rings is 1. The monoisotopic (exact) mass is 347 g/mol. The lowest BCUT2D eigenvalue weighted by Gasteiger charge is -2.07. The molecular weight excluding hydrogens is 330 g/mol. The molecule has 0 bridgehead atoms. The summed E-state index contributed by atoms with van der Waals surface area (Å²) in [7, 11) is 0. The van der Waals surface area contributed by atoms with Crippen molar-refractivity contribution < 1.29 is 0 Å². The predicted molar refractivity (Wildman–Crippen MR) is 106 cm³/mol. The van der Waals surface area contributed by atoms with E-state index < -0.39 is 0 Å². The van der Waals surface area contributed by atoms with Gasteiger partial charge in [-0.2, -0.15) is 0 Å². The fourth-order valence-electron chi connectivity index (χ4n) is 2.79. The third kappa shape index (κ3) is 3.47. The molecule has 2 aromatic heterocycles. The van der Waals surface area contributed by atoms with E-state index in [4.69, 9.17) is 4.98 Å². The lowest BCUT2D eigenvalue weighted by Crippen LogP contribution is -2.00. The molecule has 0 spiro atoms. The van der Waals surface area contributed by atoms with Gasteiger partial charge < -0.3 is 0 Å². The van der Waals surface area contributed by atoms with Crippen LogP contribution in [0.4, 0.5) is 0 Å². The highest BCUT2D eigenvalue weighted by Gasteiger charge is 2.11. The first-order valence-corrected chi connectivity index (χ1v) is 7.96. The smallest absolute Gasteiger partial charge is 0.139 e. The van der Waals surface area contributed by atoms with E-state index in [0.717, 1.165) is 33.9 Å². The minimum atomic E-state index is 0. The maximum atomic E-state index is 4.77. The summed E-state index contributed by atoms with van der Waals surface area (Å²) >= 11 is 0. The zero-order valence-corrected chi connectivity index (χ0v) is 14.6. The highest BCUT2D eigenvalue weighted by molar-refractivity contribution is 5.85. The SMILES string of the molecule is Cc1cccc(-n2c(C=Cc3ccccc3)nc3ccccc32)n1.Cl. The zero-order valence-electron chi connectivity index (χ0n) is 13.8. The van der Waals surface area contributed by atoms with E-state index in [1.165, 1.54) is 0 Å². The molecule has 0 aliphatic rings. The molecule has 0 atom stereocenters. The second kappa shape index (κ2) is 7.32. The topological polar surface area (TPSA) is 30.7 Å². The molecule has 0 saturated heterocycles. The third-order valence-electron chi connectivity index (χ3n) is 3.91. The van der Waals surface area contributed by atoms with Crippen LogP contribution >= 0.6 is 12.4 Å². The van der Waals surface area contributed by atoms with E-state index in [2.05, 4.69) is 33.8 Å². The molecular formula is C21H18ClN3. The van der Waals surface area contributed by atoms with Gasteiger partial charge >= 0.3 is 0 Å². The zero-order chi connectivity index (χ0) is 16.4. The first kappa shape index (κ1) is 16.9. The summed E-state index contributed by atoms with van der Waals surface area (Å²) in [6, 6.07) is 24.4. The number of para-hydroxylation sites is 2. The molecule has 4 rings (SSSR count). The molecule has 25 heavy (non-hydrogen) atoms. The van der Waals surface area contributed by atoms with Crippen molar-refractivity contribution in [2.75, 3.05) is 0 Å². The molecule has 4 aromatic rings. The highest BCUT2D eigenvalue weighted by Crippen LogP contribution is 2.22. The van der Waals surface area contributed by atoms with Gasteiger partial charge in [-0.15, -0.1) is 12.4 Å². The quantitative estimate of drug-likeness (QED) is 0.502. The summed E-state index contributed by atoms with van der Waals surface area (Å²) in [6.07, 6.45) is 4.12. The Balaban J connectivity index is 0.00000182. The molecule has 0 amide bonds. The van der Waals surface area contributed by atoms with E-state index in [0.29, 0.717) is 0 Å². The largest absolute Gasteiger partial charge is 0.277 e. The van der Waals surface area contributed by atoms with Crippen LogP contribution in [0.5, 0.6) is 0 Å². The number of benzene rings is 2. The first-order chi connectivity index (χ1) is 11.8. The Hall–Kier alpha value is -2.91. The Kier molecular flexibility index (Phi) is 4.96. The number of hydrogen-bond acceptors (Lipinski definition) is 2. The van der Waals surface area contributed by atoms with E-state index in [-0.39, 0.29) is 12.4 Å². The van der Waals surface area contributed by atoms with Gasteiger partial charge in [0.15, 0.2) is 0 Å². The second-order valence-electron chi connectivity index (χ2n) is 5.68. The number of aryl methyl sites for hydroxylation is 1. The summed E-state index contributed by atoms with van der Waals surface area (Å²) in [5.74, 6) is 1.76. The molecule has 0 aliphatic heterocycles. The molecule has 2 heterocycles. The molecule has 3 nitrogen and oxygen atoms in total. The minimum absolute atomic E-state index is 0. The van der Waals surface area contributed by atoms with Gasteiger partial charge in [0.1, 0.15) is 11.6 Å². The molecule has 0 aliphatic carbocycles. The second-order valence-corrected chi connectivity index (χ2v) is 5.68. The highest BCUT2D eigenvalue weighted by atomic mass is 35.5. The van der Waals surface area contributed by atoms with Crippen LogP contribution < -0.4 is 0 Å². The Labute approximate surface area is 153 Å². The van der Waals surface area contributed by atoms with Crippen molar-refractivity contribution in [3.8, 4) is 5.82 Å². The summed E-state index contributed by atoms with van der Waals surface area (Å²) in [5, 5.41) is 0. The van der Waals surface area contributed by atoms with E-state index in [1.807, 2.05) is 67.6 Å². The van der Waals surface area contributed by atoms with Gasteiger partial charge in [0.25, 0.3) is 0 Å². The van der Waals surface area contributed by atoms with Crippen LogP contribution in [0, 0.1) is 6.92 Å². The van der Waals surface area contributed by atoms with Gasteiger partial charge in [-0.1, -0.05) is 54.6 Å². The van der Waals surface area contributed by atoms with Gasteiger partial charge in [0.05, 0.1) is 11.0 Å². The predicted octanol–water partition coefficient (Wildman–Crippen LogP) is 5.32. The Morgan fingerprint density at radius 3 is 2.32 bits per heavy atom. The number of imidazole rings is 1. The first-order valence-electron chi connectivity index (χ1n) is 7.96. The molecule has 0 fully saturated rings. The standard InChI is InChI=1S/C21H17N3.ClH/c1-16-8-7-13-20(22-16)24-19-12-6-5-11-18(19)23-21(24)15-14-17-9-3-2-4-10-17;/h2-15H,1H3;1H. The Morgan fingerprint density at radius 1 is 0.760 bits per heavy atom. The van der Waals surface area contributed by atoms with Crippen molar-refractivity contribution in [1.82, 2.24) is 14.5 Å². The molecule has 0 radical (unpaired) electrons. The number of nitrogens with zero attached hydrogens (tertiary/aromatic N) is 3. The summed E-state index contributed by atoms with van der Waals surface area (Å²) in [4.78, 5) is 9.44. The van der Waals surface area contributed by atoms with Crippen LogP contribution in [0.25, 0.3) is 29.0 Å². The molecule has 0 N–H and O–H groups in total. The van der Waals surface area contributed by atoms with Crippen molar-refractivity contribution in [3.63, 3.8) is 0 Å². The minimum Gasteiger partial charge on any atom is -0.277 e. The number of halogens is 1. The number of fused-ring (bicyclic) bond motifs is 1. The van der Waals surface area contributed by atoms with E-state index in [9.17, 15) is 0 Å². The Morgan fingerprint density at radius 2 is 1.52 bits per heavy atom. The van der Waals surface area contributed by atoms with Crippen molar-refractivity contribution in [2.24, 2.45) is 0 Å². The van der Waals surface area contributed by atoms with Crippen molar-refractivity contribution in [3.05, 3.63) is 89.9 Å². The van der Waals surface area contributed by atoms with Gasteiger partial charge in [-0.05, 0) is 42.8 Å². The van der Waals surface area contributed by atoms with Crippen LogP contribution in [-0.4, -0.2) is 14.5 Å². The lowest BCUT2D eigenvalue weighted by atomic mass is 10.2. The van der Waals surface area contributed by atoms with Crippen LogP contribution in [0.15, 0.2) is 72.8 Å². The molecule has 4 heteroatoms. The molecule has 0 saturated carbocycles. The molecule has 2 aromatic carbocycles. The summed E-state index contributed by atoms with van der Waals surface area (Å²) in [6.45, 7) is 2.00. The fourth-order valence-corrected chi connectivity index (χ4v) is 2.79. The normalized spacial score (nSPS) is 10.9. The number of rotatable bonds is 3. The fraction of sp³-hybridized carbons (Fsp3) is 0.0476. The van der Waals surface area contributed by atoms with Crippen LogP contribution in [0.3, 0.4) is 0 Å². The summed E-state index contributed by atoms with van der Waals surface area (Å²) in [5.41, 5.74) is 4.16. The van der Waals surface area contributed by atoms with Gasteiger partial charge in [0.2, 0.25) is 0 Å². The third-order valence-corrected chi connectivity index (χ3v) is 3.91. The number of hydrogen-bond donors (Lipinski definition) is 0. The maximum absolute atomic E-state index is 4.77. The Bertz CT molecular complexity index is 1020.